The van der Waals surface area contributed by atoms with Crippen LogP contribution in [0.2, 0.25) is 0 Å². The number of amides is 2. The summed E-state index contributed by atoms with van der Waals surface area (Å²) in [5, 5.41) is 15.0. The molecule has 3 atom stereocenters. The number of fused-ring (bicyclic) bond motifs is 1. The predicted octanol–water partition coefficient (Wildman–Crippen LogP) is 3.06. The van der Waals surface area contributed by atoms with Crippen LogP contribution in [0.1, 0.15) is 44.4 Å². The van der Waals surface area contributed by atoms with Crippen LogP contribution in [0.25, 0.3) is 11.1 Å². The lowest BCUT2D eigenvalue weighted by Gasteiger charge is -2.47. The quantitative estimate of drug-likeness (QED) is 0.771. The van der Waals surface area contributed by atoms with Gasteiger partial charge in [-0.15, -0.1) is 0 Å². The van der Waals surface area contributed by atoms with Crippen molar-refractivity contribution in [3.05, 3.63) is 53.6 Å². The van der Waals surface area contributed by atoms with Crippen LogP contribution < -0.4 is 14.9 Å². The molecule has 1 unspecified atom stereocenters. The van der Waals surface area contributed by atoms with Crippen molar-refractivity contribution >= 4 is 17.7 Å². The van der Waals surface area contributed by atoms with Gasteiger partial charge in [-0.2, -0.15) is 0 Å². The van der Waals surface area contributed by atoms with Gasteiger partial charge < -0.3 is 20.1 Å². The van der Waals surface area contributed by atoms with E-state index in [0.717, 1.165) is 28.9 Å². The van der Waals surface area contributed by atoms with Crippen molar-refractivity contribution in [3.63, 3.8) is 0 Å². The van der Waals surface area contributed by atoms with Crippen molar-refractivity contribution in [2.24, 2.45) is 0 Å². The van der Waals surface area contributed by atoms with E-state index in [2.05, 4.69) is 29.6 Å². The molecule has 0 radical (unpaired) electrons. The van der Waals surface area contributed by atoms with Crippen LogP contribution in [0.3, 0.4) is 0 Å². The molecule has 1 N–H and O–H groups in total. The third kappa shape index (κ3) is 3.73. The number of carbonyl (C=O) groups excluding carboxylic acids is 2. The second-order valence-corrected chi connectivity index (χ2v) is 8.25. The van der Waals surface area contributed by atoms with Gasteiger partial charge in [0.1, 0.15) is 11.8 Å². The second kappa shape index (κ2) is 8.58. The molecule has 1 aliphatic rings. The van der Waals surface area contributed by atoms with Gasteiger partial charge in [0.2, 0.25) is 0 Å². The summed E-state index contributed by atoms with van der Waals surface area (Å²) in [6.45, 7) is 6.54. The van der Waals surface area contributed by atoms with Crippen LogP contribution in [0, 0.1) is 0 Å². The standard InChI is InChI=1S/C24H31N3O3/c1-6-26(24(29)30)22-12-16(2)27(5,17(3)28)23-11-10-20(14-21(22)23)19-9-7-8-18(13-19)15-25-4/h7-11,13-14,16,22,25H,6,12,15H2,1-5H3/t16-,22+,27?/m0/s1. The average molecular weight is 410 g/mol. The first kappa shape index (κ1) is 22.0. The molecular weight excluding hydrogens is 378 g/mol. The van der Waals surface area contributed by atoms with Gasteiger partial charge in [-0.1, -0.05) is 18.2 Å². The molecule has 0 spiro atoms. The topological polar surface area (TPSA) is 72.5 Å². The highest BCUT2D eigenvalue weighted by Gasteiger charge is 2.47. The van der Waals surface area contributed by atoms with E-state index in [1.165, 1.54) is 10.5 Å². The summed E-state index contributed by atoms with van der Waals surface area (Å²) in [4.78, 5) is 25.9. The van der Waals surface area contributed by atoms with E-state index in [9.17, 15) is 14.7 Å². The summed E-state index contributed by atoms with van der Waals surface area (Å²) >= 11 is 0. The molecule has 0 bridgehead atoms. The number of rotatable bonds is 5. The molecule has 1 heterocycles. The third-order valence-electron chi connectivity index (χ3n) is 6.58. The smallest absolute Gasteiger partial charge is 0.315 e. The zero-order chi connectivity index (χ0) is 22.1. The average Bonchev–Trinajstić information content (AvgIpc) is 2.71. The normalized spacial score (nSPS) is 23.0. The molecule has 0 saturated carbocycles. The Balaban J connectivity index is 2.19. The zero-order valence-electron chi connectivity index (χ0n) is 18.4. The summed E-state index contributed by atoms with van der Waals surface area (Å²) in [5.41, 5.74) is 4.99. The van der Waals surface area contributed by atoms with E-state index in [-0.39, 0.29) is 22.5 Å². The highest BCUT2D eigenvalue weighted by Crippen LogP contribution is 2.45. The molecule has 0 aliphatic carbocycles. The third-order valence-corrected chi connectivity index (χ3v) is 6.58. The molecule has 6 nitrogen and oxygen atoms in total. The largest absolute Gasteiger partial charge is 0.530 e. The van der Waals surface area contributed by atoms with Crippen LogP contribution in [0.15, 0.2) is 42.5 Å². The van der Waals surface area contributed by atoms with Gasteiger partial charge in [-0.05, 0) is 55.8 Å². The SMILES string of the molecule is CCN(C(=O)[O-])[C@@H]1C[C@H](C)[N+](C)(C(C)=O)c2ccc(-c3cccc(CNC)c3)cc21. The lowest BCUT2D eigenvalue weighted by molar-refractivity contribution is -0.268. The van der Waals surface area contributed by atoms with Crippen molar-refractivity contribution in [1.29, 1.82) is 0 Å². The number of benzene rings is 2. The van der Waals surface area contributed by atoms with Crippen molar-refractivity contribution in [1.82, 2.24) is 14.7 Å². The molecule has 2 aromatic rings. The molecule has 0 fully saturated rings. The lowest BCUT2D eigenvalue weighted by Crippen LogP contribution is -2.60. The summed E-state index contributed by atoms with van der Waals surface area (Å²) in [6.07, 6.45) is -0.616. The van der Waals surface area contributed by atoms with Crippen LogP contribution >= 0.6 is 0 Å². The van der Waals surface area contributed by atoms with Crippen LogP contribution in [0.4, 0.5) is 10.5 Å². The minimum atomic E-state index is -1.18. The number of carbonyl (C=O) groups is 2. The Hall–Kier alpha value is -2.70. The van der Waals surface area contributed by atoms with Gasteiger partial charge in [0.05, 0.1) is 26.1 Å². The van der Waals surface area contributed by atoms with E-state index in [0.29, 0.717) is 13.0 Å². The first-order chi connectivity index (χ1) is 14.2. The van der Waals surface area contributed by atoms with E-state index < -0.39 is 6.09 Å². The van der Waals surface area contributed by atoms with E-state index in [4.69, 9.17) is 0 Å². The number of quaternary nitrogens is 1. The Morgan fingerprint density at radius 1 is 1.20 bits per heavy atom. The molecular formula is C24H31N3O3. The molecule has 30 heavy (non-hydrogen) atoms. The number of nitrogens with one attached hydrogen (secondary N) is 1. The van der Waals surface area contributed by atoms with Gasteiger partial charge in [0.15, 0.2) is 0 Å². The molecule has 3 rings (SSSR count). The van der Waals surface area contributed by atoms with Gasteiger partial charge in [0, 0.05) is 31.1 Å². The Morgan fingerprint density at radius 2 is 1.90 bits per heavy atom. The van der Waals surface area contributed by atoms with Gasteiger partial charge in [-0.25, -0.2) is 9.28 Å². The number of hydrogen-bond acceptors (Lipinski definition) is 4. The molecule has 2 amide bonds. The lowest BCUT2D eigenvalue weighted by atomic mass is 9.86. The summed E-state index contributed by atoms with van der Waals surface area (Å²) < 4.78 is 0.163. The number of carboxylic acid groups (broad SMARTS) is 1. The van der Waals surface area contributed by atoms with Crippen molar-refractivity contribution in [2.75, 3.05) is 20.6 Å². The fourth-order valence-corrected chi connectivity index (χ4v) is 4.64. The molecule has 6 heteroatoms. The minimum Gasteiger partial charge on any atom is -0.530 e. The van der Waals surface area contributed by atoms with Crippen molar-refractivity contribution < 1.29 is 14.7 Å². The maximum Gasteiger partial charge on any atom is 0.315 e. The highest BCUT2D eigenvalue weighted by molar-refractivity contribution is 5.89. The first-order valence-electron chi connectivity index (χ1n) is 10.5. The van der Waals surface area contributed by atoms with Gasteiger partial charge >= 0.3 is 5.91 Å². The van der Waals surface area contributed by atoms with E-state index in [1.807, 2.05) is 46.1 Å². The maximum absolute atomic E-state index is 12.7. The molecule has 0 saturated heterocycles. The predicted molar refractivity (Wildman–Crippen MR) is 118 cm³/mol. The Labute approximate surface area is 178 Å². The highest BCUT2D eigenvalue weighted by atomic mass is 16.4. The van der Waals surface area contributed by atoms with Gasteiger partial charge in [-0.3, -0.25) is 0 Å². The molecule has 0 aromatic heterocycles. The maximum atomic E-state index is 12.7. The number of hydrogen-bond donors (Lipinski definition) is 1. The zero-order valence-corrected chi connectivity index (χ0v) is 18.4. The monoisotopic (exact) mass is 409 g/mol. The van der Waals surface area contributed by atoms with Crippen LogP contribution in [-0.4, -0.2) is 43.6 Å². The van der Waals surface area contributed by atoms with Gasteiger partial charge in [0.25, 0.3) is 0 Å². The van der Waals surface area contributed by atoms with Crippen LogP contribution in [0.5, 0.6) is 0 Å². The van der Waals surface area contributed by atoms with Crippen molar-refractivity contribution in [2.45, 2.75) is 45.8 Å². The van der Waals surface area contributed by atoms with Crippen LogP contribution in [-0.2, 0) is 11.3 Å². The first-order valence-corrected chi connectivity index (χ1v) is 10.5. The summed E-state index contributed by atoms with van der Waals surface area (Å²) in [6, 6.07) is 14.0. The second-order valence-electron chi connectivity index (χ2n) is 8.25. The number of nitrogens with zero attached hydrogens (tertiary/aromatic N) is 2. The fourth-order valence-electron chi connectivity index (χ4n) is 4.64. The summed E-state index contributed by atoms with van der Waals surface area (Å²) in [7, 11) is 3.84. The molecule has 2 aromatic carbocycles. The Bertz CT molecular complexity index is 958. The molecule has 1 aliphatic heterocycles. The molecule has 160 valence electrons. The van der Waals surface area contributed by atoms with E-state index >= 15 is 0 Å². The van der Waals surface area contributed by atoms with Crippen molar-refractivity contribution in [3.8, 4) is 11.1 Å². The fraction of sp³-hybridized carbons (Fsp3) is 0.417. The minimum absolute atomic E-state index is 0.0433. The summed E-state index contributed by atoms with van der Waals surface area (Å²) in [5.74, 6) is 0.0440. The van der Waals surface area contributed by atoms with E-state index in [1.54, 1.807) is 6.92 Å². The Morgan fingerprint density at radius 3 is 2.50 bits per heavy atom. The Kier molecular flexibility index (Phi) is 6.29.